The standard InChI is InChI=1S/C19H20N2/c1-14-12-19(2,3)21-18-10-9-16(11-17(14)18)20-13-15-7-5-4-6-8-15/h4-12H,13H2,1-3H3. The van der Waals surface area contributed by atoms with Crippen molar-refractivity contribution in [1.82, 2.24) is 0 Å². The molecule has 0 radical (unpaired) electrons. The lowest BCUT2D eigenvalue weighted by molar-refractivity contribution is 0.648. The molecule has 0 saturated heterocycles. The van der Waals surface area contributed by atoms with Gasteiger partial charge in [-0.25, -0.2) is 0 Å². The van der Waals surface area contributed by atoms with Crippen molar-refractivity contribution in [2.45, 2.75) is 32.9 Å². The first-order chi connectivity index (χ1) is 10.0. The molecule has 1 heterocycles. The van der Waals surface area contributed by atoms with Gasteiger partial charge in [0, 0.05) is 5.57 Å². The van der Waals surface area contributed by atoms with Crippen molar-refractivity contribution in [1.29, 1.82) is 0 Å². The van der Waals surface area contributed by atoms with Crippen molar-refractivity contribution in [3.05, 3.63) is 71.3 Å². The van der Waals surface area contributed by atoms with Crippen LogP contribution in [0.5, 0.6) is 0 Å². The molecule has 0 aromatic heterocycles. The molecular weight excluding hydrogens is 256 g/mol. The van der Waals surface area contributed by atoms with Crippen LogP contribution in [0.25, 0.3) is 0 Å². The Balaban J connectivity index is 1.85. The summed E-state index contributed by atoms with van der Waals surface area (Å²) < 4.78 is 0. The maximum Gasteiger partial charge on any atom is 0.0744 e. The summed E-state index contributed by atoms with van der Waals surface area (Å²) in [7, 11) is 0. The predicted octanol–water partition coefficient (Wildman–Crippen LogP) is 4.30. The minimum Gasteiger partial charge on any atom is -0.281 e. The van der Waals surface area contributed by atoms with Gasteiger partial charge in [-0.05, 0) is 50.1 Å². The van der Waals surface area contributed by atoms with E-state index in [1.165, 1.54) is 16.7 Å². The van der Waals surface area contributed by atoms with Gasteiger partial charge >= 0.3 is 0 Å². The van der Waals surface area contributed by atoms with Crippen molar-refractivity contribution in [3.8, 4) is 0 Å². The van der Waals surface area contributed by atoms with Crippen LogP contribution in [0.2, 0.25) is 0 Å². The maximum atomic E-state index is 4.77. The fraction of sp³-hybridized carbons (Fsp3) is 0.263. The topological polar surface area (TPSA) is 24.7 Å². The van der Waals surface area contributed by atoms with E-state index in [0.29, 0.717) is 6.54 Å². The highest BCUT2D eigenvalue weighted by Crippen LogP contribution is 2.28. The van der Waals surface area contributed by atoms with Crippen LogP contribution in [0.3, 0.4) is 0 Å². The second kappa shape index (κ2) is 5.28. The molecule has 0 amide bonds. The summed E-state index contributed by atoms with van der Waals surface area (Å²) >= 11 is 0. The number of fused-ring (bicyclic) bond motifs is 1. The van der Waals surface area contributed by atoms with Gasteiger partial charge in [0.1, 0.15) is 0 Å². The summed E-state index contributed by atoms with van der Waals surface area (Å²) in [6.45, 7) is 7.13. The molecule has 3 rings (SSSR count). The largest absolute Gasteiger partial charge is 0.281 e. The van der Waals surface area contributed by atoms with Gasteiger partial charge in [-0.3, -0.25) is 9.98 Å². The van der Waals surface area contributed by atoms with E-state index in [2.05, 4.69) is 62.2 Å². The number of nitrogens with zero attached hydrogens (tertiary/aromatic N) is 2. The van der Waals surface area contributed by atoms with E-state index in [0.717, 1.165) is 11.4 Å². The van der Waals surface area contributed by atoms with Gasteiger partial charge in [-0.2, -0.15) is 0 Å². The van der Waals surface area contributed by atoms with Crippen LogP contribution in [-0.2, 0) is 6.54 Å². The molecule has 0 unspecified atom stereocenters. The molecule has 2 heteroatoms. The van der Waals surface area contributed by atoms with E-state index < -0.39 is 0 Å². The molecule has 0 spiro atoms. The third kappa shape index (κ3) is 3.10. The molecule has 106 valence electrons. The molecule has 2 aliphatic rings. The Labute approximate surface area is 126 Å². The van der Waals surface area contributed by atoms with Crippen LogP contribution >= 0.6 is 0 Å². The Hall–Kier alpha value is -2.22. The van der Waals surface area contributed by atoms with Crippen molar-refractivity contribution in [2.75, 3.05) is 0 Å². The van der Waals surface area contributed by atoms with Crippen molar-refractivity contribution < 1.29 is 0 Å². The summed E-state index contributed by atoms with van der Waals surface area (Å²) in [6.07, 6.45) is 8.50. The van der Waals surface area contributed by atoms with Crippen molar-refractivity contribution in [3.63, 3.8) is 0 Å². The van der Waals surface area contributed by atoms with Gasteiger partial charge in [0.15, 0.2) is 0 Å². The zero-order valence-corrected chi connectivity index (χ0v) is 12.8. The highest BCUT2D eigenvalue weighted by Gasteiger charge is 2.23. The van der Waals surface area contributed by atoms with Crippen LogP contribution in [0, 0.1) is 0 Å². The maximum absolute atomic E-state index is 4.77. The van der Waals surface area contributed by atoms with E-state index in [9.17, 15) is 0 Å². The van der Waals surface area contributed by atoms with E-state index >= 15 is 0 Å². The molecule has 2 nitrogen and oxygen atoms in total. The molecular formula is C19H20N2. The molecule has 1 aliphatic heterocycles. The average Bonchev–Trinajstić information content (AvgIpc) is 2.45. The number of dihydropyridines is 1. The number of hydrogen-bond acceptors (Lipinski definition) is 2. The number of rotatable bonds is 2. The van der Waals surface area contributed by atoms with Gasteiger partial charge in [-0.15, -0.1) is 0 Å². The molecule has 0 saturated carbocycles. The molecule has 0 N–H and O–H groups in total. The number of benzene rings is 1. The van der Waals surface area contributed by atoms with Crippen LogP contribution in [0.1, 0.15) is 26.3 Å². The first-order valence-corrected chi connectivity index (χ1v) is 7.32. The van der Waals surface area contributed by atoms with Crippen LogP contribution < -0.4 is 0 Å². The minimum absolute atomic E-state index is 0.111. The fourth-order valence-corrected chi connectivity index (χ4v) is 2.75. The highest BCUT2D eigenvalue weighted by molar-refractivity contribution is 6.23. The van der Waals surface area contributed by atoms with E-state index in [-0.39, 0.29) is 5.54 Å². The average molecular weight is 276 g/mol. The highest BCUT2D eigenvalue weighted by atomic mass is 14.9. The molecule has 1 aromatic carbocycles. The third-order valence-electron chi connectivity index (χ3n) is 3.67. The second-order valence-corrected chi connectivity index (χ2v) is 6.10. The van der Waals surface area contributed by atoms with E-state index in [4.69, 9.17) is 4.99 Å². The van der Waals surface area contributed by atoms with Crippen molar-refractivity contribution >= 4 is 11.4 Å². The molecule has 21 heavy (non-hydrogen) atoms. The number of hydrogen-bond donors (Lipinski definition) is 0. The van der Waals surface area contributed by atoms with Crippen LogP contribution in [-0.4, -0.2) is 17.0 Å². The Morgan fingerprint density at radius 1 is 1.10 bits per heavy atom. The predicted molar refractivity (Wildman–Crippen MR) is 90.1 cm³/mol. The minimum atomic E-state index is -0.111. The summed E-state index contributed by atoms with van der Waals surface area (Å²) in [4.78, 5) is 9.46. The molecule has 0 fully saturated rings. The molecule has 0 bridgehead atoms. The van der Waals surface area contributed by atoms with E-state index in [1.807, 2.05) is 18.2 Å². The molecule has 0 atom stereocenters. The van der Waals surface area contributed by atoms with Gasteiger partial charge in [0.25, 0.3) is 0 Å². The Bertz CT molecular complexity index is 698. The fourth-order valence-electron chi connectivity index (χ4n) is 2.75. The van der Waals surface area contributed by atoms with Gasteiger partial charge in [0.05, 0.1) is 23.5 Å². The monoisotopic (exact) mass is 276 g/mol. The first kappa shape index (κ1) is 13.7. The van der Waals surface area contributed by atoms with E-state index in [1.54, 1.807) is 0 Å². The molecule has 1 aliphatic carbocycles. The van der Waals surface area contributed by atoms with Gasteiger partial charge in [0.2, 0.25) is 0 Å². The number of allylic oxidation sites excluding steroid dienone is 5. The Kier molecular flexibility index (Phi) is 3.46. The SMILES string of the molecule is CC1=CC(C)(C)N=C2C=CC(=NCc3ccccc3)C=C12. The third-order valence-corrected chi connectivity index (χ3v) is 3.67. The zero-order valence-electron chi connectivity index (χ0n) is 12.8. The Morgan fingerprint density at radius 2 is 1.86 bits per heavy atom. The van der Waals surface area contributed by atoms with Crippen molar-refractivity contribution in [2.24, 2.45) is 9.98 Å². The zero-order chi connectivity index (χ0) is 14.9. The first-order valence-electron chi connectivity index (χ1n) is 7.32. The summed E-state index contributed by atoms with van der Waals surface area (Å²) in [5.74, 6) is 0. The lowest BCUT2D eigenvalue weighted by atomic mass is 9.88. The number of aliphatic imine (C=N–C) groups is 2. The smallest absolute Gasteiger partial charge is 0.0744 e. The lowest BCUT2D eigenvalue weighted by Crippen LogP contribution is -2.24. The summed E-state index contributed by atoms with van der Waals surface area (Å²) in [5, 5.41) is 0. The molecule has 1 aromatic rings. The van der Waals surface area contributed by atoms with Crippen LogP contribution in [0.4, 0.5) is 0 Å². The summed E-state index contributed by atoms with van der Waals surface area (Å²) in [5.41, 5.74) is 5.68. The van der Waals surface area contributed by atoms with Crippen LogP contribution in [0.15, 0.2) is 75.8 Å². The normalized spacial score (nSPS) is 21.5. The summed E-state index contributed by atoms with van der Waals surface area (Å²) in [6, 6.07) is 10.3. The van der Waals surface area contributed by atoms with Gasteiger partial charge in [-0.1, -0.05) is 36.4 Å². The lowest BCUT2D eigenvalue weighted by Gasteiger charge is -2.26. The second-order valence-electron chi connectivity index (χ2n) is 6.10. The Morgan fingerprint density at radius 3 is 2.62 bits per heavy atom. The van der Waals surface area contributed by atoms with Gasteiger partial charge < -0.3 is 0 Å². The quantitative estimate of drug-likeness (QED) is 0.719.